The molecule has 5 nitrogen and oxygen atoms in total. The van der Waals surface area contributed by atoms with Gasteiger partial charge in [0.15, 0.2) is 12.4 Å². The Morgan fingerprint density at radius 1 is 1.32 bits per heavy atom. The van der Waals surface area contributed by atoms with E-state index in [9.17, 15) is 9.59 Å². The fourth-order valence-corrected chi connectivity index (χ4v) is 2.15. The highest BCUT2D eigenvalue weighted by molar-refractivity contribution is 6.43. The number of aromatic nitrogens is 1. The summed E-state index contributed by atoms with van der Waals surface area (Å²) in [6.07, 6.45) is 1.64. The van der Waals surface area contributed by atoms with E-state index in [1.807, 2.05) is 0 Å². The van der Waals surface area contributed by atoms with Crippen LogP contribution in [0.4, 0.5) is 5.69 Å². The second kappa shape index (κ2) is 6.85. The van der Waals surface area contributed by atoms with E-state index < -0.39 is 5.91 Å². The molecule has 1 heterocycles. The summed E-state index contributed by atoms with van der Waals surface area (Å²) in [5.41, 5.74) is 0.755. The van der Waals surface area contributed by atoms with Gasteiger partial charge in [0.2, 0.25) is 5.43 Å². The maximum atomic E-state index is 11.9. The van der Waals surface area contributed by atoms with Crippen LogP contribution in [0.3, 0.4) is 0 Å². The first-order valence-electron chi connectivity index (χ1n) is 6.43. The minimum absolute atomic E-state index is 0.150. The van der Waals surface area contributed by atoms with E-state index in [2.05, 4.69) is 5.32 Å². The molecule has 0 spiro atoms. The second-order valence-corrected chi connectivity index (χ2v) is 5.43. The van der Waals surface area contributed by atoms with Crippen LogP contribution in [-0.2, 0) is 11.8 Å². The van der Waals surface area contributed by atoms with Crippen molar-refractivity contribution in [3.8, 4) is 5.75 Å². The number of amides is 1. The van der Waals surface area contributed by atoms with Crippen LogP contribution in [0.25, 0.3) is 0 Å². The molecule has 0 saturated heterocycles. The van der Waals surface area contributed by atoms with Gasteiger partial charge in [-0.1, -0.05) is 29.3 Å². The van der Waals surface area contributed by atoms with Gasteiger partial charge in [0.1, 0.15) is 0 Å². The summed E-state index contributed by atoms with van der Waals surface area (Å²) in [6.45, 7) is 1.44. The maximum absolute atomic E-state index is 11.9. The van der Waals surface area contributed by atoms with Crippen LogP contribution in [0.1, 0.15) is 5.69 Å². The molecular weight excluding hydrogens is 327 g/mol. The van der Waals surface area contributed by atoms with E-state index >= 15 is 0 Å². The fraction of sp³-hybridized carbons (Fsp3) is 0.200. The molecule has 1 N–H and O–H groups in total. The van der Waals surface area contributed by atoms with Gasteiger partial charge >= 0.3 is 0 Å². The largest absolute Gasteiger partial charge is 0.478 e. The highest BCUT2D eigenvalue weighted by Gasteiger charge is 2.12. The van der Waals surface area contributed by atoms with Crippen LogP contribution in [0, 0.1) is 6.92 Å². The van der Waals surface area contributed by atoms with Crippen molar-refractivity contribution in [2.45, 2.75) is 6.92 Å². The number of carbonyl (C=O) groups excluding carboxylic acids is 1. The third-order valence-corrected chi connectivity index (χ3v) is 3.92. The van der Waals surface area contributed by atoms with Gasteiger partial charge in [-0.2, -0.15) is 0 Å². The number of hydrogen-bond acceptors (Lipinski definition) is 3. The van der Waals surface area contributed by atoms with Gasteiger partial charge in [0.25, 0.3) is 5.91 Å². The van der Waals surface area contributed by atoms with E-state index in [0.29, 0.717) is 16.4 Å². The Hall–Kier alpha value is -1.98. The highest BCUT2D eigenvalue weighted by atomic mass is 35.5. The number of ether oxygens (including phenoxy) is 1. The monoisotopic (exact) mass is 340 g/mol. The summed E-state index contributed by atoms with van der Waals surface area (Å²) in [5.74, 6) is -0.285. The Kier molecular flexibility index (Phi) is 5.11. The number of pyridine rings is 1. The summed E-state index contributed by atoms with van der Waals surface area (Å²) in [5, 5.41) is 3.18. The van der Waals surface area contributed by atoms with Crippen molar-refractivity contribution in [3.05, 3.63) is 56.4 Å². The molecule has 0 saturated carbocycles. The Morgan fingerprint density at radius 3 is 2.77 bits per heavy atom. The lowest BCUT2D eigenvalue weighted by molar-refractivity contribution is -0.118. The zero-order chi connectivity index (χ0) is 16.3. The third kappa shape index (κ3) is 3.61. The Bertz CT molecular complexity index is 772. The van der Waals surface area contributed by atoms with Crippen LogP contribution in [0.15, 0.2) is 35.3 Å². The molecule has 0 atom stereocenters. The zero-order valence-electron chi connectivity index (χ0n) is 12.0. The number of rotatable bonds is 4. The average molecular weight is 341 g/mol. The number of nitrogens with one attached hydrogen (secondary N) is 1. The van der Waals surface area contributed by atoms with Gasteiger partial charge in [-0.25, -0.2) is 0 Å². The number of anilines is 1. The molecule has 0 unspecified atom stereocenters. The van der Waals surface area contributed by atoms with Gasteiger partial charge < -0.3 is 14.6 Å². The van der Waals surface area contributed by atoms with E-state index in [1.165, 1.54) is 6.07 Å². The van der Waals surface area contributed by atoms with Crippen LogP contribution in [-0.4, -0.2) is 17.1 Å². The molecule has 1 aromatic heterocycles. The fourth-order valence-electron chi connectivity index (χ4n) is 1.81. The molecule has 1 amide bonds. The minimum atomic E-state index is -0.436. The molecular formula is C15H14Cl2N2O3. The molecule has 22 heavy (non-hydrogen) atoms. The summed E-state index contributed by atoms with van der Waals surface area (Å²) < 4.78 is 7.07. The van der Waals surface area contributed by atoms with Crippen molar-refractivity contribution >= 4 is 34.8 Å². The summed E-state index contributed by atoms with van der Waals surface area (Å²) in [4.78, 5) is 23.7. The predicted octanol–water partition coefficient (Wildman–Crippen LogP) is 3.02. The predicted molar refractivity (Wildman–Crippen MR) is 87.0 cm³/mol. The molecule has 0 aliphatic carbocycles. The summed E-state index contributed by atoms with van der Waals surface area (Å²) >= 11 is 11.9. The topological polar surface area (TPSA) is 60.3 Å². The van der Waals surface area contributed by atoms with Crippen molar-refractivity contribution < 1.29 is 9.53 Å². The van der Waals surface area contributed by atoms with E-state index in [4.69, 9.17) is 27.9 Å². The molecule has 2 aromatic rings. The van der Waals surface area contributed by atoms with Crippen LogP contribution in [0.2, 0.25) is 10.0 Å². The number of hydrogen-bond donors (Lipinski definition) is 1. The Morgan fingerprint density at radius 2 is 2.05 bits per heavy atom. The van der Waals surface area contributed by atoms with Crippen molar-refractivity contribution in [2.75, 3.05) is 11.9 Å². The molecule has 7 heteroatoms. The number of nitrogens with zero attached hydrogens (tertiary/aromatic N) is 1. The lowest BCUT2D eigenvalue weighted by Crippen LogP contribution is -2.23. The molecule has 0 fully saturated rings. The first-order chi connectivity index (χ1) is 10.4. The van der Waals surface area contributed by atoms with Crippen LogP contribution in [0.5, 0.6) is 5.75 Å². The number of aryl methyl sites for hydroxylation is 1. The minimum Gasteiger partial charge on any atom is -0.478 e. The first-order valence-corrected chi connectivity index (χ1v) is 7.18. The van der Waals surface area contributed by atoms with Crippen molar-refractivity contribution in [1.29, 1.82) is 0 Å². The lowest BCUT2D eigenvalue weighted by atomic mass is 10.3. The Balaban J connectivity index is 2.07. The number of carbonyl (C=O) groups is 1. The van der Waals surface area contributed by atoms with Crippen LogP contribution < -0.4 is 15.5 Å². The van der Waals surface area contributed by atoms with Crippen molar-refractivity contribution in [2.24, 2.45) is 7.05 Å². The molecule has 1 aromatic carbocycles. The van der Waals surface area contributed by atoms with Gasteiger partial charge in [0.05, 0.1) is 21.4 Å². The van der Waals surface area contributed by atoms with Crippen molar-refractivity contribution in [3.63, 3.8) is 0 Å². The number of benzene rings is 1. The second-order valence-electron chi connectivity index (χ2n) is 4.64. The molecule has 0 aliphatic rings. The molecule has 2 rings (SSSR count). The smallest absolute Gasteiger partial charge is 0.262 e. The number of halogens is 2. The zero-order valence-corrected chi connectivity index (χ0v) is 13.5. The summed E-state index contributed by atoms with van der Waals surface area (Å²) in [7, 11) is 1.79. The average Bonchev–Trinajstić information content (AvgIpc) is 2.48. The SMILES string of the molecule is Cc1c(OCC(=O)Nc2cccc(Cl)c2Cl)c(=O)ccn1C. The molecule has 0 aliphatic heterocycles. The van der Waals surface area contributed by atoms with Gasteiger partial charge in [0, 0.05) is 19.3 Å². The molecule has 0 bridgehead atoms. The molecule has 0 radical (unpaired) electrons. The quantitative estimate of drug-likeness (QED) is 0.930. The van der Waals surface area contributed by atoms with Crippen LogP contribution >= 0.6 is 23.2 Å². The highest BCUT2D eigenvalue weighted by Crippen LogP contribution is 2.29. The van der Waals surface area contributed by atoms with E-state index in [0.717, 1.165) is 0 Å². The molecule has 116 valence electrons. The third-order valence-electron chi connectivity index (χ3n) is 3.10. The van der Waals surface area contributed by atoms with Crippen molar-refractivity contribution in [1.82, 2.24) is 4.57 Å². The van der Waals surface area contributed by atoms with E-state index in [-0.39, 0.29) is 22.8 Å². The lowest BCUT2D eigenvalue weighted by Gasteiger charge is -2.12. The van der Waals surface area contributed by atoms with Gasteiger partial charge in [-0.15, -0.1) is 0 Å². The maximum Gasteiger partial charge on any atom is 0.262 e. The standard InChI is InChI=1S/C15H14Cl2N2O3/c1-9-15(12(20)6-7-19(9)2)22-8-13(21)18-11-5-3-4-10(16)14(11)17/h3-7H,8H2,1-2H3,(H,18,21). The van der Waals surface area contributed by atoms with Gasteiger partial charge in [-0.05, 0) is 19.1 Å². The van der Waals surface area contributed by atoms with Gasteiger partial charge in [-0.3, -0.25) is 9.59 Å². The van der Waals surface area contributed by atoms with E-state index in [1.54, 1.807) is 42.9 Å². The Labute approximate surface area is 137 Å². The summed E-state index contributed by atoms with van der Waals surface area (Å²) in [6, 6.07) is 6.29. The normalized spacial score (nSPS) is 10.4. The first kappa shape index (κ1) is 16.4.